The van der Waals surface area contributed by atoms with E-state index in [0.29, 0.717) is 13.2 Å². The van der Waals surface area contributed by atoms with Crippen LogP contribution in [0.15, 0.2) is 29.3 Å². The van der Waals surface area contributed by atoms with Crippen LogP contribution < -0.4 is 10.6 Å². The summed E-state index contributed by atoms with van der Waals surface area (Å²) in [4.78, 5) is 6.87. The Hall–Kier alpha value is -0.900. The molecular weight excluding hydrogens is 491 g/mol. The molecule has 0 amide bonds. The molecule has 0 heterocycles. The van der Waals surface area contributed by atoms with Crippen molar-refractivity contribution in [2.24, 2.45) is 4.99 Å². The monoisotopic (exact) mass is 532 g/mol. The molecule has 1 aliphatic rings. The molecule has 172 valence electrons. The standard InChI is InChI=1S/C23H40N4O2.HI/c1-24-23(25-14-9-15-29-17-16-28-3)26-18-20-10-7-8-11-21(20)19-27(2)22-12-5-4-6-13-22;/h7-8,10-11,22H,4-6,9,12-19H2,1-3H3,(H2,24,25,26);1H. The van der Waals surface area contributed by atoms with Gasteiger partial charge in [0.2, 0.25) is 0 Å². The van der Waals surface area contributed by atoms with Crippen LogP contribution in [-0.2, 0) is 22.6 Å². The maximum Gasteiger partial charge on any atom is 0.191 e. The first-order valence-electron chi connectivity index (χ1n) is 11.0. The number of hydrogen-bond acceptors (Lipinski definition) is 4. The summed E-state index contributed by atoms with van der Waals surface area (Å²) in [5.74, 6) is 0.831. The summed E-state index contributed by atoms with van der Waals surface area (Å²) < 4.78 is 10.5. The lowest BCUT2D eigenvalue weighted by atomic mass is 9.94. The second-order valence-electron chi connectivity index (χ2n) is 7.79. The molecule has 0 saturated heterocycles. The molecule has 30 heavy (non-hydrogen) atoms. The molecule has 1 aromatic carbocycles. The Balaban J connectivity index is 0.00000450. The summed E-state index contributed by atoms with van der Waals surface area (Å²) in [7, 11) is 5.77. The fourth-order valence-corrected chi connectivity index (χ4v) is 3.83. The van der Waals surface area contributed by atoms with Crippen LogP contribution >= 0.6 is 24.0 Å². The van der Waals surface area contributed by atoms with Gasteiger partial charge in [0.15, 0.2) is 5.96 Å². The van der Waals surface area contributed by atoms with Gasteiger partial charge in [0, 0.05) is 46.4 Å². The van der Waals surface area contributed by atoms with E-state index in [9.17, 15) is 0 Å². The van der Waals surface area contributed by atoms with Crippen molar-refractivity contribution in [3.05, 3.63) is 35.4 Å². The molecule has 0 aliphatic heterocycles. The predicted molar refractivity (Wildman–Crippen MR) is 136 cm³/mol. The fraction of sp³-hybridized carbons (Fsp3) is 0.696. The molecule has 2 rings (SSSR count). The van der Waals surface area contributed by atoms with E-state index in [4.69, 9.17) is 9.47 Å². The van der Waals surface area contributed by atoms with Crippen LogP contribution in [0.25, 0.3) is 0 Å². The van der Waals surface area contributed by atoms with Gasteiger partial charge >= 0.3 is 0 Å². The van der Waals surface area contributed by atoms with Crippen LogP contribution in [0, 0.1) is 0 Å². The Morgan fingerprint density at radius 2 is 1.80 bits per heavy atom. The number of aliphatic imine (C=N–C) groups is 1. The van der Waals surface area contributed by atoms with Crippen LogP contribution in [0.5, 0.6) is 0 Å². The molecule has 0 spiro atoms. The minimum Gasteiger partial charge on any atom is -0.382 e. The van der Waals surface area contributed by atoms with E-state index in [1.165, 1.54) is 43.2 Å². The minimum absolute atomic E-state index is 0. The van der Waals surface area contributed by atoms with E-state index in [-0.39, 0.29) is 24.0 Å². The zero-order chi connectivity index (χ0) is 20.7. The van der Waals surface area contributed by atoms with Gasteiger partial charge < -0.3 is 20.1 Å². The number of methoxy groups -OCH3 is 1. The van der Waals surface area contributed by atoms with E-state index in [0.717, 1.165) is 44.7 Å². The Morgan fingerprint density at radius 3 is 2.50 bits per heavy atom. The lowest BCUT2D eigenvalue weighted by Crippen LogP contribution is -2.38. The Morgan fingerprint density at radius 1 is 1.07 bits per heavy atom. The van der Waals surface area contributed by atoms with Crippen LogP contribution in [0.4, 0.5) is 0 Å². The predicted octanol–water partition coefficient (Wildman–Crippen LogP) is 3.79. The number of rotatable bonds is 12. The van der Waals surface area contributed by atoms with Gasteiger partial charge in [-0.15, -0.1) is 24.0 Å². The maximum absolute atomic E-state index is 5.49. The molecule has 0 bridgehead atoms. The van der Waals surface area contributed by atoms with Crippen molar-refractivity contribution in [3.63, 3.8) is 0 Å². The molecule has 0 atom stereocenters. The number of halogens is 1. The summed E-state index contributed by atoms with van der Waals surface area (Å²) in [5.41, 5.74) is 2.73. The van der Waals surface area contributed by atoms with E-state index in [1.807, 2.05) is 7.05 Å². The average Bonchev–Trinajstić information content (AvgIpc) is 2.76. The van der Waals surface area contributed by atoms with E-state index in [2.05, 4.69) is 51.8 Å². The Bertz CT molecular complexity index is 594. The normalized spacial score (nSPS) is 15.1. The molecular formula is C23H41IN4O2. The summed E-state index contributed by atoms with van der Waals surface area (Å²) in [5, 5.41) is 6.81. The van der Waals surface area contributed by atoms with Crippen molar-refractivity contribution >= 4 is 29.9 Å². The second-order valence-corrected chi connectivity index (χ2v) is 7.79. The van der Waals surface area contributed by atoms with Crippen molar-refractivity contribution in [1.82, 2.24) is 15.5 Å². The van der Waals surface area contributed by atoms with Crippen molar-refractivity contribution in [1.29, 1.82) is 0 Å². The maximum atomic E-state index is 5.49. The smallest absolute Gasteiger partial charge is 0.191 e. The van der Waals surface area contributed by atoms with Crippen molar-refractivity contribution in [2.45, 2.75) is 57.7 Å². The van der Waals surface area contributed by atoms with Gasteiger partial charge in [-0.3, -0.25) is 9.89 Å². The first-order valence-corrected chi connectivity index (χ1v) is 11.0. The van der Waals surface area contributed by atoms with E-state index < -0.39 is 0 Å². The van der Waals surface area contributed by atoms with Crippen LogP contribution in [0.1, 0.15) is 49.7 Å². The van der Waals surface area contributed by atoms with Crippen LogP contribution in [0.3, 0.4) is 0 Å². The molecule has 7 heteroatoms. The number of nitrogens with zero attached hydrogens (tertiary/aromatic N) is 2. The molecule has 2 N–H and O–H groups in total. The zero-order valence-electron chi connectivity index (χ0n) is 19.0. The summed E-state index contributed by atoms with van der Waals surface area (Å²) in [6, 6.07) is 9.46. The molecule has 0 radical (unpaired) electrons. The molecule has 1 saturated carbocycles. The largest absolute Gasteiger partial charge is 0.382 e. The second kappa shape index (κ2) is 16.8. The lowest BCUT2D eigenvalue weighted by molar-refractivity contribution is 0.0698. The van der Waals surface area contributed by atoms with Gasteiger partial charge in [0.25, 0.3) is 0 Å². The lowest BCUT2D eigenvalue weighted by Gasteiger charge is -2.31. The summed E-state index contributed by atoms with van der Waals surface area (Å²) >= 11 is 0. The quantitative estimate of drug-likeness (QED) is 0.186. The summed E-state index contributed by atoms with van der Waals surface area (Å²) in [6.45, 7) is 4.63. The number of hydrogen-bond donors (Lipinski definition) is 2. The van der Waals surface area contributed by atoms with Crippen molar-refractivity contribution in [2.75, 3.05) is 47.6 Å². The third kappa shape index (κ3) is 10.4. The molecule has 6 nitrogen and oxygen atoms in total. The number of guanidine groups is 1. The van der Waals surface area contributed by atoms with Crippen molar-refractivity contribution in [3.8, 4) is 0 Å². The minimum atomic E-state index is 0. The topological polar surface area (TPSA) is 58.1 Å². The fourth-order valence-electron chi connectivity index (χ4n) is 3.83. The SMILES string of the molecule is CN=C(NCCCOCCOC)NCc1ccccc1CN(C)C1CCCCC1.I. The molecule has 1 fully saturated rings. The first-order chi connectivity index (χ1) is 14.2. The van der Waals surface area contributed by atoms with Crippen molar-refractivity contribution < 1.29 is 9.47 Å². The van der Waals surface area contributed by atoms with E-state index >= 15 is 0 Å². The number of benzene rings is 1. The third-order valence-corrected chi connectivity index (χ3v) is 5.60. The van der Waals surface area contributed by atoms with Gasteiger partial charge in [0.1, 0.15) is 0 Å². The number of nitrogens with one attached hydrogen (secondary N) is 2. The van der Waals surface area contributed by atoms with Gasteiger partial charge in [0.05, 0.1) is 13.2 Å². The molecule has 0 aromatic heterocycles. The Kier molecular flexibility index (Phi) is 15.2. The zero-order valence-corrected chi connectivity index (χ0v) is 21.3. The highest BCUT2D eigenvalue weighted by molar-refractivity contribution is 14.0. The van der Waals surface area contributed by atoms with Crippen LogP contribution in [-0.4, -0.2) is 64.5 Å². The molecule has 0 unspecified atom stereocenters. The van der Waals surface area contributed by atoms with Crippen LogP contribution in [0.2, 0.25) is 0 Å². The highest BCUT2D eigenvalue weighted by Gasteiger charge is 2.18. The van der Waals surface area contributed by atoms with E-state index in [1.54, 1.807) is 7.11 Å². The van der Waals surface area contributed by atoms with Gasteiger partial charge in [-0.2, -0.15) is 0 Å². The third-order valence-electron chi connectivity index (χ3n) is 5.60. The summed E-state index contributed by atoms with van der Waals surface area (Å²) in [6.07, 6.45) is 7.75. The highest BCUT2D eigenvalue weighted by Crippen LogP contribution is 2.23. The van der Waals surface area contributed by atoms with Gasteiger partial charge in [-0.25, -0.2) is 0 Å². The molecule has 1 aromatic rings. The van der Waals surface area contributed by atoms with Gasteiger partial charge in [-0.1, -0.05) is 43.5 Å². The average molecular weight is 533 g/mol. The Labute approximate surface area is 200 Å². The highest BCUT2D eigenvalue weighted by atomic mass is 127. The molecule has 1 aliphatic carbocycles. The van der Waals surface area contributed by atoms with Gasteiger partial charge in [-0.05, 0) is 37.4 Å². The first kappa shape index (κ1) is 27.1. The number of ether oxygens (including phenoxy) is 2.